The Bertz CT molecular complexity index is 1220. The summed E-state index contributed by atoms with van der Waals surface area (Å²) in [7, 11) is -3.86. The predicted octanol–water partition coefficient (Wildman–Crippen LogP) is 5.06. The van der Waals surface area contributed by atoms with Crippen molar-refractivity contribution in [1.29, 1.82) is 0 Å². The fourth-order valence-corrected chi connectivity index (χ4v) is 4.71. The van der Waals surface area contributed by atoms with Gasteiger partial charge in [-0.15, -0.1) is 0 Å². The van der Waals surface area contributed by atoms with Gasteiger partial charge in [-0.3, -0.25) is 9.52 Å². The zero-order valence-electron chi connectivity index (χ0n) is 19.7. The van der Waals surface area contributed by atoms with E-state index in [1.54, 1.807) is 24.3 Å². The van der Waals surface area contributed by atoms with Crippen LogP contribution in [-0.4, -0.2) is 33.6 Å². The minimum atomic E-state index is -3.86. The maximum atomic E-state index is 12.7. The number of carbonyl (C=O) groups excluding carboxylic acids is 1. The lowest BCUT2D eigenvalue weighted by Gasteiger charge is -2.15. The molecule has 3 aromatic carbocycles. The average molecular weight is 517 g/mol. The van der Waals surface area contributed by atoms with Crippen LogP contribution in [0.2, 0.25) is 5.02 Å². The highest BCUT2D eigenvalue weighted by Gasteiger charge is 2.17. The summed E-state index contributed by atoms with van der Waals surface area (Å²) in [6.45, 7) is 4.09. The number of halogens is 1. The molecule has 0 aliphatic carbocycles. The second kappa shape index (κ2) is 12.5. The van der Waals surface area contributed by atoms with E-state index in [4.69, 9.17) is 21.1 Å². The number of hydrogen-bond donors (Lipinski definition) is 2. The summed E-state index contributed by atoms with van der Waals surface area (Å²) in [5, 5.41) is 2.98. The molecule has 7 nitrogen and oxygen atoms in total. The molecule has 1 atom stereocenters. The number of ether oxygens (including phenoxy) is 2. The molecule has 0 unspecified atom stereocenters. The van der Waals surface area contributed by atoms with Crippen LogP contribution >= 0.6 is 11.6 Å². The molecule has 1 amide bonds. The number of sulfonamides is 1. The van der Waals surface area contributed by atoms with E-state index < -0.39 is 10.0 Å². The van der Waals surface area contributed by atoms with Crippen LogP contribution in [0.25, 0.3) is 0 Å². The molecular weight excluding hydrogens is 488 g/mol. The first-order chi connectivity index (χ1) is 16.8. The fraction of sp³-hybridized carbons (Fsp3) is 0.269. The lowest BCUT2D eigenvalue weighted by molar-refractivity contribution is -0.123. The standard InChI is InChI=1S/C26H29ClN2O5S/c1-3-33-22-13-11-21(12-14-22)29-35(31,32)23-15-16-25(24(27)17-23)34-18-26(30)28-19(2)9-10-20-7-5-4-6-8-20/h4-8,11-17,19,29H,3,9-10,18H2,1-2H3,(H,28,30)/t19-/m1/s1. The van der Waals surface area contributed by atoms with Gasteiger partial charge >= 0.3 is 0 Å². The molecule has 35 heavy (non-hydrogen) atoms. The highest BCUT2D eigenvalue weighted by atomic mass is 35.5. The normalized spacial score (nSPS) is 12.0. The van der Waals surface area contributed by atoms with Crippen molar-refractivity contribution in [3.8, 4) is 11.5 Å². The van der Waals surface area contributed by atoms with Crippen molar-refractivity contribution in [2.45, 2.75) is 37.6 Å². The molecule has 0 heterocycles. The first kappa shape index (κ1) is 26.4. The molecule has 0 bridgehead atoms. The molecule has 0 saturated carbocycles. The van der Waals surface area contributed by atoms with E-state index in [-0.39, 0.29) is 34.2 Å². The maximum Gasteiger partial charge on any atom is 0.261 e. The minimum Gasteiger partial charge on any atom is -0.494 e. The van der Waals surface area contributed by atoms with E-state index in [2.05, 4.69) is 22.2 Å². The molecule has 9 heteroatoms. The van der Waals surface area contributed by atoms with E-state index >= 15 is 0 Å². The highest BCUT2D eigenvalue weighted by molar-refractivity contribution is 7.92. The lowest BCUT2D eigenvalue weighted by atomic mass is 10.1. The second-order valence-corrected chi connectivity index (χ2v) is 10.0. The number of hydrogen-bond acceptors (Lipinski definition) is 5. The topological polar surface area (TPSA) is 93.7 Å². The van der Waals surface area contributed by atoms with Crippen molar-refractivity contribution in [3.05, 3.63) is 83.4 Å². The Morgan fingerprint density at radius 3 is 2.37 bits per heavy atom. The van der Waals surface area contributed by atoms with Crippen molar-refractivity contribution in [2.75, 3.05) is 17.9 Å². The highest BCUT2D eigenvalue weighted by Crippen LogP contribution is 2.28. The number of anilines is 1. The van der Waals surface area contributed by atoms with Crippen LogP contribution in [0.15, 0.2) is 77.7 Å². The molecule has 0 spiro atoms. The summed E-state index contributed by atoms with van der Waals surface area (Å²) in [5.41, 5.74) is 1.60. The van der Waals surface area contributed by atoms with Gasteiger partial charge in [0.25, 0.3) is 15.9 Å². The number of benzene rings is 3. The SMILES string of the molecule is CCOc1ccc(NS(=O)(=O)c2ccc(OCC(=O)N[C@H](C)CCc3ccccc3)c(Cl)c2)cc1. The van der Waals surface area contributed by atoms with Crippen LogP contribution in [0.1, 0.15) is 25.8 Å². The third-order valence-electron chi connectivity index (χ3n) is 5.11. The third kappa shape index (κ3) is 8.19. The Kier molecular flexibility index (Phi) is 9.39. The van der Waals surface area contributed by atoms with Crippen LogP contribution in [0, 0.1) is 0 Å². The summed E-state index contributed by atoms with van der Waals surface area (Å²) < 4.78 is 38.8. The summed E-state index contributed by atoms with van der Waals surface area (Å²) in [5.74, 6) is 0.587. The fourth-order valence-electron chi connectivity index (χ4n) is 3.33. The second-order valence-electron chi connectivity index (χ2n) is 7.94. The summed E-state index contributed by atoms with van der Waals surface area (Å²) >= 11 is 6.24. The number of aryl methyl sites for hydroxylation is 1. The monoisotopic (exact) mass is 516 g/mol. The molecule has 2 N–H and O–H groups in total. The Morgan fingerprint density at radius 1 is 1.00 bits per heavy atom. The first-order valence-electron chi connectivity index (χ1n) is 11.3. The van der Waals surface area contributed by atoms with Crippen molar-refractivity contribution in [2.24, 2.45) is 0 Å². The summed E-state index contributed by atoms with van der Waals surface area (Å²) in [6.07, 6.45) is 1.65. The first-order valence-corrected chi connectivity index (χ1v) is 13.1. The summed E-state index contributed by atoms with van der Waals surface area (Å²) in [6, 6.07) is 20.7. The van der Waals surface area contributed by atoms with Gasteiger partial charge in [0, 0.05) is 11.7 Å². The van der Waals surface area contributed by atoms with E-state index in [9.17, 15) is 13.2 Å². The van der Waals surface area contributed by atoms with Crippen molar-refractivity contribution in [3.63, 3.8) is 0 Å². The van der Waals surface area contributed by atoms with Gasteiger partial charge in [-0.25, -0.2) is 8.42 Å². The Morgan fingerprint density at radius 2 is 1.71 bits per heavy atom. The predicted molar refractivity (Wildman–Crippen MR) is 138 cm³/mol. The number of nitrogens with one attached hydrogen (secondary N) is 2. The minimum absolute atomic E-state index is 0.0250. The van der Waals surface area contributed by atoms with Crippen LogP contribution in [0.5, 0.6) is 11.5 Å². The van der Waals surface area contributed by atoms with E-state index in [1.165, 1.54) is 23.8 Å². The molecule has 0 aromatic heterocycles. The molecule has 0 fully saturated rings. The molecule has 0 radical (unpaired) electrons. The molecule has 3 rings (SSSR count). The maximum absolute atomic E-state index is 12.7. The molecule has 186 valence electrons. The van der Waals surface area contributed by atoms with Crippen molar-refractivity contribution in [1.82, 2.24) is 5.32 Å². The Hall–Kier alpha value is -3.23. The molecule has 0 aliphatic rings. The molecule has 3 aromatic rings. The smallest absolute Gasteiger partial charge is 0.261 e. The van der Waals surface area contributed by atoms with Gasteiger partial charge in [0.2, 0.25) is 0 Å². The number of rotatable bonds is 12. The van der Waals surface area contributed by atoms with Crippen LogP contribution in [0.3, 0.4) is 0 Å². The number of carbonyl (C=O) groups is 1. The van der Waals surface area contributed by atoms with Crippen LogP contribution in [0.4, 0.5) is 5.69 Å². The quantitative estimate of drug-likeness (QED) is 0.351. The Labute approximate surface area is 211 Å². The molecule has 0 aliphatic heterocycles. The van der Waals surface area contributed by atoms with Gasteiger partial charge < -0.3 is 14.8 Å². The van der Waals surface area contributed by atoms with Gasteiger partial charge in [-0.2, -0.15) is 0 Å². The van der Waals surface area contributed by atoms with Gasteiger partial charge in [0.15, 0.2) is 6.61 Å². The van der Waals surface area contributed by atoms with E-state index in [0.717, 1.165) is 12.8 Å². The zero-order valence-corrected chi connectivity index (χ0v) is 21.2. The van der Waals surface area contributed by atoms with Gasteiger partial charge in [0.1, 0.15) is 11.5 Å². The van der Waals surface area contributed by atoms with Crippen molar-refractivity contribution < 1.29 is 22.7 Å². The average Bonchev–Trinajstić information content (AvgIpc) is 2.84. The van der Waals surface area contributed by atoms with Crippen LogP contribution in [-0.2, 0) is 21.2 Å². The van der Waals surface area contributed by atoms with Crippen molar-refractivity contribution >= 4 is 33.2 Å². The van der Waals surface area contributed by atoms with Gasteiger partial charge in [0.05, 0.1) is 16.5 Å². The van der Waals surface area contributed by atoms with Gasteiger partial charge in [-0.1, -0.05) is 41.9 Å². The molecular formula is C26H29ClN2O5S. The largest absolute Gasteiger partial charge is 0.494 e. The summed E-state index contributed by atoms with van der Waals surface area (Å²) in [4.78, 5) is 12.2. The third-order valence-corrected chi connectivity index (χ3v) is 6.78. The van der Waals surface area contributed by atoms with Gasteiger partial charge in [-0.05, 0) is 74.7 Å². The van der Waals surface area contributed by atoms with E-state index in [1.807, 2.05) is 32.0 Å². The zero-order chi connectivity index (χ0) is 25.3. The number of amides is 1. The molecule has 0 saturated heterocycles. The van der Waals surface area contributed by atoms with E-state index in [0.29, 0.717) is 18.0 Å². The lowest BCUT2D eigenvalue weighted by Crippen LogP contribution is -2.36. The van der Waals surface area contributed by atoms with Crippen LogP contribution < -0.4 is 19.5 Å². The Balaban J connectivity index is 1.52.